The number of nitriles is 1. The molecule has 0 aliphatic rings. The minimum absolute atomic E-state index is 0.110. The van der Waals surface area contributed by atoms with Gasteiger partial charge in [0, 0.05) is 17.6 Å². The van der Waals surface area contributed by atoms with E-state index >= 15 is 0 Å². The number of carbonyl (C=O) groups excluding carboxylic acids is 2. The number of hydrogen-bond acceptors (Lipinski definition) is 4. The minimum Gasteiger partial charge on any atom is -0.321 e. The highest BCUT2D eigenvalue weighted by Crippen LogP contribution is 2.19. The van der Waals surface area contributed by atoms with Crippen molar-refractivity contribution in [1.29, 1.82) is 5.26 Å². The van der Waals surface area contributed by atoms with E-state index in [4.69, 9.17) is 5.26 Å². The minimum atomic E-state index is -0.446. The van der Waals surface area contributed by atoms with Gasteiger partial charge in [0.15, 0.2) is 5.69 Å². The molecule has 0 unspecified atom stereocenters. The van der Waals surface area contributed by atoms with E-state index in [2.05, 4.69) is 15.6 Å². The van der Waals surface area contributed by atoms with E-state index in [1.807, 2.05) is 37.3 Å². The van der Waals surface area contributed by atoms with Crippen LogP contribution in [0.5, 0.6) is 0 Å². The van der Waals surface area contributed by atoms with Crippen LogP contribution in [-0.4, -0.2) is 21.2 Å². The number of benzene rings is 2. The molecular weight excluding hydrogens is 378 g/mol. The van der Waals surface area contributed by atoms with E-state index in [0.29, 0.717) is 22.5 Å². The Morgan fingerprint density at radius 2 is 1.67 bits per heavy atom. The summed E-state index contributed by atoms with van der Waals surface area (Å²) in [7, 11) is 0. The van der Waals surface area contributed by atoms with Crippen molar-refractivity contribution in [3.63, 3.8) is 0 Å². The summed E-state index contributed by atoms with van der Waals surface area (Å²) < 4.78 is 1.58. The first-order valence-electron chi connectivity index (χ1n) is 9.22. The van der Waals surface area contributed by atoms with Crippen molar-refractivity contribution in [3.8, 4) is 6.07 Å². The molecule has 4 rings (SSSR count). The van der Waals surface area contributed by atoms with E-state index in [9.17, 15) is 9.59 Å². The van der Waals surface area contributed by atoms with Gasteiger partial charge in [-0.1, -0.05) is 24.3 Å². The Labute approximate surface area is 172 Å². The van der Waals surface area contributed by atoms with Crippen LogP contribution in [0.15, 0.2) is 72.9 Å². The maximum absolute atomic E-state index is 12.9. The summed E-state index contributed by atoms with van der Waals surface area (Å²) in [6, 6.07) is 21.2. The van der Waals surface area contributed by atoms with Gasteiger partial charge >= 0.3 is 0 Å². The zero-order valence-electron chi connectivity index (χ0n) is 16.1. The number of nitrogens with zero attached hydrogens (tertiary/aromatic N) is 3. The molecule has 0 saturated heterocycles. The molecule has 0 saturated carbocycles. The Morgan fingerprint density at radius 1 is 0.933 bits per heavy atom. The zero-order chi connectivity index (χ0) is 21.1. The van der Waals surface area contributed by atoms with Crippen molar-refractivity contribution in [2.75, 3.05) is 10.6 Å². The molecule has 2 N–H and O–H groups in total. The summed E-state index contributed by atoms with van der Waals surface area (Å²) in [5.41, 5.74) is 3.27. The number of carbonyl (C=O) groups is 2. The van der Waals surface area contributed by atoms with Crippen LogP contribution in [0.3, 0.4) is 0 Å². The summed E-state index contributed by atoms with van der Waals surface area (Å²) in [5.74, 6) is -0.750. The van der Waals surface area contributed by atoms with Crippen LogP contribution in [0.4, 0.5) is 11.4 Å². The van der Waals surface area contributed by atoms with Gasteiger partial charge in [0.25, 0.3) is 11.8 Å². The Balaban J connectivity index is 1.66. The predicted molar refractivity (Wildman–Crippen MR) is 113 cm³/mol. The molecule has 7 nitrogen and oxygen atoms in total. The number of para-hydroxylation sites is 1. The van der Waals surface area contributed by atoms with E-state index in [1.54, 1.807) is 53.1 Å². The molecule has 4 aromatic rings. The number of imidazole rings is 1. The number of hydrogen-bond donors (Lipinski definition) is 2. The summed E-state index contributed by atoms with van der Waals surface area (Å²) >= 11 is 0. The third kappa shape index (κ3) is 3.62. The van der Waals surface area contributed by atoms with Gasteiger partial charge in [-0.3, -0.25) is 14.0 Å². The van der Waals surface area contributed by atoms with Gasteiger partial charge in [-0.25, -0.2) is 4.98 Å². The number of amides is 2. The monoisotopic (exact) mass is 395 g/mol. The Kier molecular flexibility index (Phi) is 4.97. The van der Waals surface area contributed by atoms with Crippen LogP contribution in [0.1, 0.15) is 32.2 Å². The molecule has 0 spiro atoms. The summed E-state index contributed by atoms with van der Waals surface area (Å²) in [6.07, 6.45) is 1.69. The maximum Gasteiger partial charge on any atom is 0.292 e. The molecule has 7 heteroatoms. The van der Waals surface area contributed by atoms with Crippen molar-refractivity contribution >= 4 is 28.7 Å². The largest absolute Gasteiger partial charge is 0.321 e. The van der Waals surface area contributed by atoms with Gasteiger partial charge in [-0.2, -0.15) is 5.26 Å². The highest BCUT2D eigenvalue weighted by atomic mass is 16.2. The van der Waals surface area contributed by atoms with Crippen LogP contribution in [0.25, 0.3) is 5.52 Å². The summed E-state index contributed by atoms with van der Waals surface area (Å²) in [5, 5.41) is 14.5. The molecule has 2 heterocycles. The fourth-order valence-electron chi connectivity index (χ4n) is 3.07. The predicted octanol–water partition coefficient (Wildman–Crippen LogP) is 4.02. The number of aryl methyl sites for hydroxylation is 1. The fourth-order valence-corrected chi connectivity index (χ4v) is 3.07. The number of aromatic nitrogens is 2. The van der Waals surface area contributed by atoms with Crippen molar-refractivity contribution < 1.29 is 9.59 Å². The lowest BCUT2D eigenvalue weighted by molar-refractivity contribution is 0.101. The first-order chi connectivity index (χ1) is 14.6. The second-order valence-corrected chi connectivity index (χ2v) is 6.65. The molecule has 30 heavy (non-hydrogen) atoms. The number of pyridine rings is 1. The van der Waals surface area contributed by atoms with Crippen molar-refractivity contribution in [2.24, 2.45) is 0 Å². The zero-order valence-corrected chi connectivity index (χ0v) is 16.1. The molecule has 2 aromatic heterocycles. The third-order valence-electron chi connectivity index (χ3n) is 4.63. The SMILES string of the molecule is Cc1ccccc1NC(=O)c1nc(C(=O)Nc2ccc(C#N)cc2)c2ccccn12. The van der Waals surface area contributed by atoms with Crippen LogP contribution < -0.4 is 10.6 Å². The average molecular weight is 395 g/mol. The second kappa shape index (κ2) is 7.89. The second-order valence-electron chi connectivity index (χ2n) is 6.65. The topological polar surface area (TPSA) is 99.3 Å². The highest BCUT2D eigenvalue weighted by molar-refractivity contribution is 6.10. The Morgan fingerprint density at radius 3 is 2.40 bits per heavy atom. The van der Waals surface area contributed by atoms with Gasteiger partial charge in [-0.05, 0) is 55.0 Å². The van der Waals surface area contributed by atoms with E-state index in [-0.39, 0.29) is 11.5 Å². The molecule has 2 aromatic carbocycles. The number of fused-ring (bicyclic) bond motifs is 1. The molecule has 0 radical (unpaired) electrons. The standard InChI is InChI=1S/C23H17N5O2/c1-15-6-2-3-7-18(15)26-23(30)21-27-20(19-8-4-5-13-28(19)21)22(29)25-17-11-9-16(14-24)10-12-17/h2-13H,1H3,(H,25,29)(H,26,30). The van der Waals surface area contributed by atoms with Crippen molar-refractivity contribution in [2.45, 2.75) is 6.92 Å². The number of rotatable bonds is 4. The highest BCUT2D eigenvalue weighted by Gasteiger charge is 2.22. The van der Waals surface area contributed by atoms with Gasteiger partial charge in [0.05, 0.1) is 17.1 Å². The van der Waals surface area contributed by atoms with Crippen molar-refractivity contribution in [1.82, 2.24) is 9.38 Å². The number of anilines is 2. The van der Waals surface area contributed by atoms with Crippen molar-refractivity contribution in [3.05, 3.63) is 95.6 Å². The van der Waals surface area contributed by atoms with E-state index in [0.717, 1.165) is 5.56 Å². The molecule has 0 aliphatic heterocycles. The average Bonchev–Trinajstić information content (AvgIpc) is 3.16. The normalized spacial score (nSPS) is 10.4. The Bertz CT molecular complexity index is 1300. The molecule has 0 atom stereocenters. The third-order valence-corrected chi connectivity index (χ3v) is 4.63. The lowest BCUT2D eigenvalue weighted by atomic mass is 10.2. The van der Waals surface area contributed by atoms with Crippen LogP contribution >= 0.6 is 0 Å². The maximum atomic E-state index is 12.9. The molecule has 0 bridgehead atoms. The molecule has 2 amide bonds. The molecule has 0 fully saturated rings. The lowest BCUT2D eigenvalue weighted by Crippen LogP contribution is -2.17. The van der Waals surface area contributed by atoms with Gasteiger partial charge in [0.2, 0.25) is 5.82 Å². The van der Waals surface area contributed by atoms with Crippen LogP contribution in [0, 0.1) is 18.3 Å². The smallest absolute Gasteiger partial charge is 0.292 e. The van der Waals surface area contributed by atoms with Crippen LogP contribution in [0.2, 0.25) is 0 Å². The van der Waals surface area contributed by atoms with Gasteiger partial charge < -0.3 is 10.6 Å². The van der Waals surface area contributed by atoms with E-state index < -0.39 is 11.8 Å². The fraction of sp³-hybridized carbons (Fsp3) is 0.0435. The van der Waals surface area contributed by atoms with Gasteiger partial charge in [0.1, 0.15) is 0 Å². The lowest BCUT2D eigenvalue weighted by Gasteiger charge is -2.07. The first kappa shape index (κ1) is 18.9. The summed E-state index contributed by atoms with van der Waals surface area (Å²) in [6.45, 7) is 1.90. The first-order valence-corrected chi connectivity index (χ1v) is 9.22. The van der Waals surface area contributed by atoms with E-state index in [1.165, 1.54) is 0 Å². The molecular formula is C23H17N5O2. The molecule has 146 valence electrons. The number of nitrogens with one attached hydrogen (secondary N) is 2. The Hall–Kier alpha value is -4.44. The summed E-state index contributed by atoms with van der Waals surface area (Å²) in [4.78, 5) is 30.1. The van der Waals surface area contributed by atoms with Crippen LogP contribution in [-0.2, 0) is 0 Å². The quantitative estimate of drug-likeness (QED) is 0.545. The van der Waals surface area contributed by atoms with Gasteiger partial charge in [-0.15, -0.1) is 0 Å². The molecule has 0 aliphatic carbocycles.